The molecule has 3 rings (SSSR count). The molecule has 0 aliphatic carbocycles. The van der Waals surface area contributed by atoms with E-state index in [0.717, 1.165) is 16.9 Å². The molecule has 104 valence electrons. The van der Waals surface area contributed by atoms with Crippen LogP contribution >= 0.6 is 0 Å². The number of halogens is 1. The van der Waals surface area contributed by atoms with Gasteiger partial charge in [0.1, 0.15) is 11.6 Å². The minimum Gasteiger partial charge on any atom is -0.492 e. The maximum absolute atomic E-state index is 13.9. The molecular formula is C17H18FNO. The monoisotopic (exact) mass is 271 g/mol. The molecular weight excluding hydrogens is 253 g/mol. The van der Waals surface area contributed by atoms with Crippen LogP contribution in [0.25, 0.3) is 11.1 Å². The van der Waals surface area contributed by atoms with E-state index in [0.29, 0.717) is 12.2 Å². The molecule has 0 radical (unpaired) electrons. The summed E-state index contributed by atoms with van der Waals surface area (Å²) in [6.07, 6.45) is 0. The van der Waals surface area contributed by atoms with Crippen molar-refractivity contribution in [3.8, 4) is 16.9 Å². The van der Waals surface area contributed by atoms with Crippen LogP contribution in [0.3, 0.4) is 0 Å². The fourth-order valence-corrected chi connectivity index (χ4v) is 2.59. The standard InChI is InChI=1S/C17H18FNO/c1-17(2)10-20-16-6-5-11(7-14(16)17)12-3-4-13(9-19)15(18)8-12/h3-8H,9-10,19H2,1-2H3. The Bertz CT molecular complexity index is 664. The van der Waals surface area contributed by atoms with Gasteiger partial charge in [-0.2, -0.15) is 0 Å². The van der Waals surface area contributed by atoms with Crippen LogP contribution in [0.5, 0.6) is 5.75 Å². The number of hydrogen-bond donors (Lipinski definition) is 1. The van der Waals surface area contributed by atoms with Gasteiger partial charge in [0, 0.05) is 23.1 Å². The predicted molar refractivity (Wildman–Crippen MR) is 78.2 cm³/mol. The molecule has 1 heterocycles. The van der Waals surface area contributed by atoms with Crippen molar-refractivity contribution < 1.29 is 9.13 Å². The molecule has 1 aliphatic rings. The zero-order valence-corrected chi connectivity index (χ0v) is 11.7. The van der Waals surface area contributed by atoms with Crippen LogP contribution in [-0.4, -0.2) is 6.61 Å². The molecule has 2 aromatic rings. The van der Waals surface area contributed by atoms with Gasteiger partial charge in [-0.25, -0.2) is 4.39 Å². The smallest absolute Gasteiger partial charge is 0.128 e. The molecule has 2 aromatic carbocycles. The number of nitrogens with two attached hydrogens (primary N) is 1. The maximum atomic E-state index is 13.9. The largest absolute Gasteiger partial charge is 0.492 e. The molecule has 20 heavy (non-hydrogen) atoms. The third kappa shape index (κ3) is 2.08. The number of ether oxygens (including phenoxy) is 1. The zero-order chi connectivity index (χ0) is 14.3. The molecule has 0 amide bonds. The van der Waals surface area contributed by atoms with Crippen molar-refractivity contribution in [2.45, 2.75) is 25.8 Å². The van der Waals surface area contributed by atoms with E-state index in [4.69, 9.17) is 10.5 Å². The van der Waals surface area contributed by atoms with Gasteiger partial charge in [0.2, 0.25) is 0 Å². The number of benzene rings is 2. The SMILES string of the molecule is CC1(C)COc2ccc(-c3ccc(CN)c(F)c3)cc21. The quantitative estimate of drug-likeness (QED) is 0.905. The van der Waals surface area contributed by atoms with Gasteiger partial charge >= 0.3 is 0 Å². The van der Waals surface area contributed by atoms with Crippen molar-refractivity contribution in [3.05, 3.63) is 53.3 Å². The molecule has 1 aliphatic heterocycles. The highest BCUT2D eigenvalue weighted by Gasteiger charge is 2.31. The van der Waals surface area contributed by atoms with Gasteiger partial charge in [0.15, 0.2) is 0 Å². The van der Waals surface area contributed by atoms with Crippen molar-refractivity contribution in [3.63, 3.8) is 0 Å². The first-order valence-electron chi connectivity index (χ1n) is 6.77. The lowest BCUT2D eigenvalue weighted by atomic mass is 9.85. The van der Waals surface area contributed by atoms with Crippen LogP contribution in [0.2, 0.25) is 0 Å². The predicted octanol–water partition coefficient (Wildman–Crippen LogP) is 3.62. The Morgan fingerprint density at radius 3 is 2.55 bits per heavy atom. The van der Waals surface area contributed by atoms with Gasteiger partial charge < -0.3 is 10.5 Å². The second kappa shape index (κ2) is 4.60. The van der Waals surface area contributed by atoms with Gasteiger partial charge in [-0.1, -0.05) is 32.0 Å². The van der Waals surface area contributed by atoms with Crippen molar-refractivity contribution in [2.75, 3.05) is 6.61 Å². The summed E-state index contributed by atoms with van der Waals surface area (Å²) in [4.78, 5) is 0. The fraction of sp³-hybridized carbons (Fsp3) is 0.294. The molecule has 0 bridgehead atoms. The summed E-state index contributed by atoms with van der Waals surface area (Å²) in [5.41, 5.74) is 9.08. The molecule has 2 nitrogen and oxygen atoms in total. The lowest BCUT2D eigenvalue weighted by Crippen LogP contribution is -2.18. The molecule has 0 unspecified atom stereocenters. The van der Waals surface area contributed by atoms with Crippen molar-refractivity contribution in [2.24, 2.45) is 5.73 Å². The van der Waals surface area contributed by atoms with Crippen molar-refractivity contribution in [1.82, 2.24) is 0 Å². The number of hydrogen-bond acceptors (Lipinski definition) is 2. The van der Waals surface area contributed by atoms with Crippen LogP contribution in [0.4, 0.5) is 4.39 Å². The highest BCUT2D eigenvalue weighted by Crippen LogP contribution is 2.40. The van der Waals surface area contributed by atoms with E-state index in [1.807, 2.05) is 18.2 Å². The van der Waals surface area contributed by atoms with E-state index in [2.05, 4.69) is 19.9 Å². The zero-order valence-electron chi connectivity index (χ0n) is 11.7. The van der Waals surface area contributed by atoms with Gasteiger partial charge in [0.05, 0.1) is 6.61 Å². The molecule has 0 saturated heterocycles. The van der Waals surface area contributed by atoms with E-state index in [9.17, 15) is 4.39 Å². The third-order valence-electron chi connectivity index (χ3n) is 3.90. The summed E-state index contributed by atoms with van der Waals surface area (Å²) in [5.74, 6) is 0.679. The van der Waals surface area contributed by atoms with E-state index in [-0.39, 0.29) is 17.8 Å². The summed E-state index contributed by atoms with van der Waals surface area (Å²) in [6, 6.07) is 11.2. The van der Waals surface area contributed by atoms with Crippen LogP contribution in [0.1, 0.15) is 25.0 Å². The minimum atomic E-state index is -0.249. The second-order valence-electron chi connectivity index (χ2n) is 5.89. The molecule has 0 saturated carbocycles. The molecule has 0 atom stereocenters. The molecule has 0 fully saturated rings. The summed E-state index contributed by atoms with van der Waals surface area (Å²) in [7, 11) is 0. The lowest BCUT2D eigenvalue weighted by molar-refractivity contribution is 0.291. The number of rotatable bonds is 2. The average molecular weight is 271 g/mol. The van der Waals surface area contributed by atoms with Gasteiger partial charge in [-0.05, 0) is 29.3 Å². The maximum Gasteiger partial charge on any atom is 0.128 e. The van der Waals surface area contributed by atoms with Crippen LogP contribution in [0.15, 0.2) is 36.4 Å². The summed E-state index contributed by atoms with van der Waals surface area (Å²) in [6.45, 7) is 5.21. The van der Waals surface area contributed by atoms with E-state index < -0.39 is 0 Å². The normalized spacial score (nSPS) is 15.8. The van der Waals surface area contributed by atoms with Crippen molar-refractivity contribution in [1.29, 1.82) is 0 Å². The first-order valence-corrected chi connectivity index (χ1v) is 6.77. The number of fused-ring (bicyclic) bond motifs is 1. The van der Waals surface area contributed by atoms with Crippen LogP contribution in [0, 0.1) is 5.82 Å². The van der Waals surface area contributed by atoms with Gasteiger partial charge in [-0.15, -0.1) is 0 Å². The molecule has 3 heteroatoms. The molecule has 0 aromatic heterocycles. The Hall–Kier alpha value is -1.87. The Balaban J connectivity index is 2.06. The highest BCUT2D eigenvalue weighted by atomic mass is 19.1. The molecule has 0 spiro atoms. The first-order chi connectivity index (χ1) is 9.51. The average Bonchev–Trinajstić information content (AvgIpc) is 2.74. The molecule has 2 N–H and O–H groups in total. The Morgan fingerprint density at radius 1 is 1.15 bits per heavy atom. The van der Waals surface area contributed by atoms with E-state index in [1.165, 1.54) is 5.56 Å². The fourth-order valence-electron chi connectivity index (χ4n) is 2.59. The van der Waals surface area contributed by atoms with E-state index in [1.54, 1.807) is 12.1 Å². The second-order valence-corrected chi connectivity index (χ2v) is 5.89. The third-order valence-corrected chi connectivity index (χ3v) is 3.90. The van der Waals surface area contributed by atoms with Gasteiger partial charge in [-0.3, -0.25) is 0 Å². The summed E-state index contributed by atoms with van der Waals surface area (Å²) < 4.78 is 19.5. The summed E-state index contributed by atoms with van der Waals surface area (Å²) >= 11 is 0. The Kier molecular flexibility index (Phi) is 3.02. The minimum absolute atomic E-state index is 0.00108. The Morgan fingerprint density at radius 2 is 1.85 bits per heavy atom. The van der Waals surface area contributed by atoms with Crippen LogP contribution in [-0.2, 0) is 12.0 Å². The topological polar surface area (TPSA) is 35.2 Å². The van der Waals surface area contributed by atoms with Crippen molar-refractivity contribution >= 4 is 0 Å². The lowest BCUT2D eigenvalue weighted by Gasteiger charge is -2.16. The van der Waals surface area contributed by atoms with E-state index >= 15 is 0 Å². The highest BCUT2D eigenvalue weighted by molar-refractivity contribution is 5.67. The van der Waals surface area contributed by atoms with Gasteiger partial charge in [0.25, 0.3) is 0 Å². The summed E-state index contributed by atoms with van der Waals surface area (Å²) in [5, 5.41) is 0. The van der Waals surface area contributed by atoms with Crippen LogP contribution < -0.4 is 10.5 Å². The first kappa shape index (κ1) is 13.1. The Labute approximate surface area is 118 Å².